The van der Waals surface area contributed by atoms with Crippen molar-refractivity contribution in [3.8, 4) is 17.3 Å². The fourth-order valence-corrected chi connectivity index (χ4v) is 3.93. The molecule has 0 aliphatic carbocycles. The van der Waals surface area contributed by atoms with Crippen LogP contribution in [0.15, 0.2) is 81.0 Å². The van der Waals surface area contributed by atoms with Crippen LogP contribution in [0.4, 0.5) is 0 Å². The Kier molecular flexibility index (Phi) is 5.98. The summed E-state index contributed by atoms with van der Waals surface area (Å²) < 4.78 is 12.4. The minimum Gasteiger partial charge on any atom is -0.482 e. The summed E-state index contributed by atoms with van der Waals surface area (Å²) in [4.78, 5) is 28.9. The first-order valence-corrected chi connectivity index (χ1v) is 11.1. The van der Waals surface area contributed by atoms with Gasteiger partial charge in [0.05, 0.1) is 22.1 Å². The van der Waals surface area contributed by atoms with Crippen molar-refractivity contribution in [1.29, 1.82) is 0 Å². The van der Waals surface area contributed by atoms with Gasteiger partial charge in [0.2, 0.25) is 5.82 Å². The van der Waals surface area contributed by atoms with Crippen LogP contribution in [0, 0.1) is 0 Å². The zero-order valence-electron chi connectivity index (χ0n) is 17.9. The summed E-state index contributed by atoms with van der Waals surface area (Å²) in [5.41, 5.74) is 6.43. The molecule has 8 nitrogen and oxygen atoms in total. The first-order valence-electron chi connectivity index (χ1n) is 10.4. The summed E-state index contributed by atoms with van der Waals surface area (Å²) in [6, 6.07) is 18.8. The highest BCUT2D eigenvalue weighted by Gasteiger charge is 2.16. The molecule has 0 bridgehead atoms. The molecule has 10 heteroatoms. The summed E-state index contributed by atoms with van der Waals surface area (Å²) in [5.74, 6) is 0.268. The number of carbonyl (C=O) groups is 1. The van der Waals surface area contributed by atoms with Crippen LogP contribution < -0.4 is 16.0 Å². The highest BCUT2D eigenvalue weighted by atomic mass is 35.5. The smallest absolute Gasteiger partial charge is 0.282 e. The summed E-state index contributed by atoms with van der Waals surface area (Å²) in [6.07, 6.45) is 1.46. The Labute approximate surface area is 208 Å². The van der Waals surface area contributed by atoms with E-state index in [0.29, 0.717) is 38.6 Å². The van der Waals surface area contributed by atoms with Crippen LogP contribution in [0.25, 0.3) is 33.5 Å². The largest absolute Gasteiger partial charge is 0.482 e. The SMILES string of the molecule is NC(=O)COc1ccc(C=Nn2c(-c3cc4cc(Cl)ccc4o3)nc3ccccc3c2=O)cc1Cl. The van der Waals surface area contributed by atoms with E-state index in [1.807, 2.05) is 0 Å². The Bertz CT molecular complexity index is 1690. The van der Waals surface area contributed by atoms with Crippen LogP contribution >= 0.6 is 23.2 Å². The maximum atomic E-state index is 13.3. The topological polar surface area (TPSA) is 113 Å². The molecule has 0 saturated carbocycles. The fraction of sp³-hybridized carbons (Fsp3) is 0.0400. The lowest BCUT2D eigenvalue weighted by Gasteiger charge is -2.08. The molecule has 2 N–H and O–H groups in total. The highest BCUT2D eigenvalue weighted by Crippen LogP contribution is 2.29. The average molecular weight is 507 g/mol. The molecule has 0 radical (unpaired) electrons. The Morgan fingerprint density at radius 3 is 2.74 bits per heavy atom. The number of nitrogens with zero attached hydrogens (tertiary/aromatic N) is 3. The molecule has 0 aliphatic heterocycles. The lowest BCUT2D eigenvalue weighted by atomic mass is 10.2. The molecule has 0 atom stereocenters. The molecule has 3 aromatic carbocycles. The molecule has 0 unspecified atom stereocenters. The molecule has 2 heterocycles. The monoisotopic (exact) mass is 506 g/mol. The zero-order chi connectivity index (χ0) is 24.5. The van der Waals surface area contributed by atoms with Gasteiger partial charge in [0.15, 0.2) is 12.4 Å². The van der Waals surface area contributed by atoms with Crippen molar-refractivity contribution in [3.63, 3.8) is 0 Å². The molecule has 174 valence electrons. The number of para-hydroxylation sites is 1. The third-order valence-corrected chi connectivity index (χ3v) is 5.63. The van der Waals surface area contributed by atoms with E-state index < -0.39 is 5.91 Å². The molecule has 0 saturated heterocycles. The number of halogens is 2. The maximum Gasteiger partial charge on any atom is 0.282 e. The van der Waals surface area contributed by atoms with E-state index in [9.17, 15) is 9.59 Å². The molecular weight excluding hydrogens is 491 g/mol. The van der Waals surface area contributed by atoms with Crippen LogP contribution in [0.5, 0.6) is 5.75 Å². The van der Waals surface area contributed by atoms with E-state index >= 15 is 0 Å². The lowest BCUT2D eigenvalue weighted by Crippen LogP contribution is -2.20. The van der Waals surface area contributed by atoms with Crippen molar-refractivity contribution < 1.29 is 13.9 Å². The van der Waals surface area contributed by atoms with Gasteiger partial charge in [-0.25, -0.2) is 4.98 Å². The molecule has 0 spiro atoms. The van der Waals surface area contributed by atoms with E-state index in [2.05, 4.69) is 10.1 Å². The predicted octanol–water partition coefficient (Wildman–Crippen LogP) is 4.86. The number of hydrogen-bond acceptors (Lipinski definition) is 6. The van der Waals surface area contributed by atoms with Gasteiger partial charge in [-0.3, -0.25) is 9.59 Å². The molecule has 35 heavy (non-hydrogen) atoms. The highest BCUT2D eigenvalue weighted by molar-refractivity contribution is 6.32. The van der Waals surface area contributed by atoms with Gasteiger partial charge in [-0.05, 0) is 60.2 Å². The van der Waals surface area contributed by atoms with Gasteiger partial charge in [-0.1, -0.05) is 35.3 Å². The van der Waals surface area contributed by atoms with Crippen molar-refractivity contribution in [2.24, 2.45) is 10.8 Å². The van der Waals surface area contributed by atoms with Gasteiger partial charge < -0.3 is 14.9 Å². The Hall–Kier alpha value is -4.14. The van der Waals surface area contributed by atoms with E-state index in [1.54, 1.807) is 66.7 Å². The van der Waals surface area contributed by atoms with Crippen LogP contribution in [0.3, 0.4) is 0 Å². The number of aromatic nitrogens is 2. The molecule has 2 aromatic heterocycles. The van der Waals surface area contributed by atoms with Crippen molar-refractivity contribution in [2.45, 2.75) is 0 Å². The molecule has 5 rings (SSSR count). The summed E-state index contributed by atoms with van der Waals surface area (Å²) >= 11 is 12.4. The van der Waals surface area contributed by atoms with Crippen LogP contribution in [0.2, 0.25) is 10.0 Å². The number of benzene rings is 3. The molecule has 5 aromatic rings. The van der Waals surface area contributed by atoms with Crippen LogP contribution in [-0.2, 0) is 4.79 Å². The van der Waals surface area contributed by atoms with Crippen LogP contribution in [-0.4, -0.2) is 28.4 Å². The minimum atomic E-state index is -0.615. The lowest BCUT2D eigenvalue weighted by molar-refractivity contribution is -0.119. The summed E-state index contributed by atoms with van der Waals surface area (Å²) in [5, 5.41) is 6.38. The Morgan fingerprint density at radius 1 is 1.11 bits per heavy atom. The number of ether oxygens (including phenoxy) is 1. The summed E-state index contributed by atoms with van der Waals surface area (Å²) in [7, 11) is 0. The predicted molar refractivity (Wildman–Crippen MR) is 135 cm³/mol. The number of carbonyl (C=O) groups excluding carboxylic acids is 1. The number of furan rings is 1. The van der Waals surface area contributed by atoms with E-state index in [4.69, 9.17) is 38.1 Å². The number of primary amides is 1. The summed E-state index contributed by atoms with van der Waals surface area (Å²) in [6.45, 7) is -0.294. The van der Waals surface area contributed by atoms with Gasteiger partial charge in [-0.15, -0.1) is 0 Å². The quantitative estimate of drug-likeness (QED) is 0.330. The van der Waals surface area contributed by atoms with Gasteiger partial charge in [0.25, 0.3) is 11.5 Å². The second-order valence-corrected chi connectivity index (χ2v) is 8.40. The van der Waals surface area contributed by atoms with Gasteiger partial charge in [0, 0.05) is 10.4 Å². The van der Waals surface area contributed by atoms with Crippen molar-refractivity contribution in [3.05, 3.63) is 92.7 Å². The maximum absolute atomic E-state index is 13.3. The van der Waals surface area contributed by atoms with Crippen molar-refractivity contribution >= 4 is 57.2 Å². The zero-order valence-corrected chi connectivity index (χ0v) is 19.5. The third-order valence-electron chi connectivity index (χ3n) is 5.10. The standard InChI is InChI=1S/C25H16Cl2N4O4/c26-16-6-8-20-15(10-16)11-22(35-20)24-30-19-4-2-1-3-17(19)25(33)31(24)29-12-14-5-7-21(18(27)9-14)34-13-23(28)32/h1-12H,13H2,(H2,28,32). The molecule has 1 amide bonds. The average Bonchev–Trinajstić information content (AvgIpc) is 3.25. The molecule has 0 aliphatic rings. The van der Waals surface area contributed by atoms with E-state index in [-0.39, 0.29) is 23.0 Å². The number of nitrogens with two attached hydrogens (primary N) is 1. The molecule has 0 fully saturated rings. The van der Waals surface area contributed by atoms with Crippen LogP contribution in [0.1, 0.15) is 5.56 Å². The van der Waals surface area contributed by atoms with Gasteiger partial charge in [0.1, 0.15) is 11.3 Å². The van der Waals surface area contributed by atoms with E-state index in [1.165, 1.54) is 10.9 Å². The number of rotatable bonds is 6. The van der Waals surface area contributed by atoms with Gasteiger partial charge in [-0.2, -0.15) is 9.78 Å². The van der Waals surface area contributed by atoms with E-state index in [0.717, 1.165) is 5.39 Å². The Balaban J connectivity index is 1.60. The normalized spacial score (nSPS) is 11.5. The molecular formula is C25H16Cl2N4O4. The minimum absolute atomic E-state index is 0.227. The number of amides is 1. The first kappa shape index (κ1) is 22.6. The van der Waals surface area contributed by atoms with Crippen molar-refractivity contribution in [2.75, 3.05) is 6.61 Å². The van der Waals surface area contributed by atoms with Gasteiger partial charge >= 0.3 is 0 Å². The van der Waals surface area contributed by atoms with Crippen molar-refractivity contribution in [1.82, 2.24) is 9.66 Å². The third kappa shape index (κ3) is 4.62. The number of hydrogen-bond donors (Lipinski definition) is 1. The second-order valence-electron chi connectivity index (χ2n) is 7.55. The fourth-order valence-electron chi connectivity index (χ4n) is 3.50. The second kappa shape index (κ2) is 9.25. The first-order chi connectivity index (χ1) is 16.9. The number of fused-ring (bicyclic) bond motifs is 2. The Morgan fingerprint density at radius 2 is 1.94 bits per heavy atom.